The number of hydrogen-bond acceptors (Lipinski definition) is 3. The number of aromatic amines is 1. The SMILES string of the molecule is O=C(C1CCOCC1)N1CCc2cc(=O)[nH]cc2C1. The highest BCUT2D eigenvalue weighted by atomic mass is 16.5. The number of aromatic nitrogens is 1. The zero-order valence-electron chi connectivity index (χ0n) is 10.9. The van der Waals surface area contributed by atoms with Gasteiger partial charge in [0.15, 0.2) is 0 Å². The van der Waals surface area contributed by atoms with Crippen molar-refractivity contribution in [2.45, 2.75) is 25.8 Å². The summed E-state index contributed by atoms with van der Waals surface area (Å²) in [6, 6.07) is 1.64. The average Bonchev–Trinajstić information content (AvgIpc) is 2.47. The number of amides is 1. The molecule has 0 aliphatic carbocycles. The van der Waals surface area contributed by atoms with Crippen molar-refractivity contribution in [3.05, 3.63) is 33.7 Å². The van der Waals surface area contributed by atoms with Gasteiger partial charge in [0, 0.05) is 44.5 Å². The predicted molar refractivity (Wildman–Crippen MR) is 69.7 cm³/mol. The number of hydrogen-bond donors (Lipinski definition) is 1. The summed E-state index contributed by atoms with van der Waals surface area (Å²) in [7, 11) is 0. The van der Waals surface area contributed by atoms with Crippen LogP contribution in [0.15, 0.2) is 17.1 Å². The fraction of sp³-hybridized carbons (Fsp3) is 0.571. The second-order valence-corrected chi connectivity index (χ2v) is 5.24. The third-order valence-electron chi connectivity index (χ3n) is 4.00. The van der Waals surface area contributed by atoms with Gasteiger partial charge in [-0.05, 0) is 30.4 Å². The molecular formula is C14H18N2O3. The molecule has 0 saturated carbocycles. The first-order valence-electron chi connectivity index (χ1n) is 6.81. The maximum absolute atomic E-state index is 12.4. The van der Waals surface area contributed by atoms with Crippen molar-refractivity contribution in [1.82, 2.24) is 9.88 Å². The van der Waals surface area contributed by atoms with Crippen LogP contribution >= 0.6 is 0 Å². The standard InChI is InChI=1S/C14H18N2O3/c17-13-7-11-1-4-16(9-12(11)8-15-13)14(18)10-2-5-19-6-3-10/h7-8,10H,1-6,9H2,(H,15,17). The summed E-state index contributed by atoms with van der Waals surface area (Å²) in [5.41, 5.74) is 2.06. The summed E-state index contributed by atoms with van der Waals surface area (Å²) in [5, 5.41) is 0. The lowest BCUT2D eigenvalue weighted by atomic mass is 9.96. The van der Waals surface area contributed by atoms with Crippen LogP contribution in [0.2, 0.25) is 0 Å². The summed E-state index contributed by atoms with van der Waals surface area (Å²) in [4.78, 5) is 28.3. The molecule has 1 fully saturated rings. The Morgan fingerprint density at radius 1 is 1.32 bits per heavy atom. The molecule has 0 unspecified atom stereocenters. The summed E-state index contributed by atoms with van der Waals surface area (Å²) >= 11 is 0. The molecule has 0 atom stereocenters. The molecule has 2 aliphatic heterocycles. The van der Waals surface area contributed by atoms with E-state index >= 15 is 0 Å². The third kappa shape index (κ3) is 2.56. The number of nitrogens with one attached hydrogen (secondary N) is 1. The fourth-order valence-electron chi connectivity index (χ4n) is 2.85. The molecule has 0 radical (unpaired) electrons. The van der Waals surface area contributed by atoms with Gasteiger partial charge in [-0.25, -0.2) is 0 Å². The van der Waals surface area contributed by atoms with Gasteiger partial charge >= 0.3 is 0 Å². The Morgan fingerprint density at radius 3 is 2.89 bits per heavy atom. The van der Waals surface area contributed by atoms with E-state index in [4.69, 9.17) is 4.74 Å². The minimum absolute atomic E-state index is 0.0667. The van der Waals surface area contributed by atoms with Gasteiger partial charge < -0.3 is 14.6 Å². The summed E-state index contributed by atoms with van der Waals surface area (Å²) in [6.07, 6.45) is 4.16. The molecule has 1 amide bonds. The van der Waals surface area contributed by atoms with E-state index in [-0.39, 0.29) is 17.4 Å². The van der Waals surface area contributed by atoms with E-state index in [1.807, 2.05) is 4.90 Å². The fourth-order valence-corrected chi connectivity index (χ4v) is 2.85. The number of fused-ring (bicyclic) bond motifs is 1. The van der Waals surface area contributed by atoms with Crippen molar-refractivity contribution < 1.29 is 9.53 Å². The largest absolute Gasteiger partial charge is 0.381 e. The zero-order chi connectivity index (χ0) is 13.2. The first-order valence-corrected chi connectivity index (χ1v) is 6.81. The maximum Gasteiger partial charge on any atom is 0.248 e. The third-order valence-corrected chi connectivity index (χ3v) is 4.00. The normalized spacial score (nSPS) is 20.1. The van der Waals surface area contributed by atoms with E-state index in [9.17, 15) is 9.59 Å². The van der Waals surface area contributed by atoms with Crippen LogP contribution in [0.1, 0.15) is 24.0 Å². The molecule has 3 rings (SSSR count). The lowest BCUT2D eigenvalue weighted by molar-refractivity contribution is -0.139. The van der Waals surface area contributed by atoms with Crippen molar-refractivity contribution in [1.29, 1.82) is 0 Å². The van der Waals surface area contributed by atoms with Crippen LogP contribution in [0.5, 0.6) is 0 Å². The van der Waals surface area contributed by atoms with Crippen molar-refractivity contribution >= 4 is 5.91 Å². The molecule has 0 spiro atoms. The maximum atomic E-state index is 12.4. The molecule has 19 heavy (non-hydrogen) atoms. The number of H-pyrrole nitrogens is 1. The van der Waals surface area contributed by atoms with Crippen LogP contribution < -0.4 is 5.56 Å². The second kappa shape index (κ2) is 5.17. The number of ether oxygens (including phenoxy) is 1. The molecule has 1 saturated heterocycles. The Kier molecular flexibility index (Phi) is 3.38. The van der Waals surface area contributed by atoms with Gasteiger partial charge in [0.2, 0.25) is 11.5 Å². The first kappa shape index (κ1) is 12.4. The highest BCUT2D eigenvalue weighted by Crippen LogP contribution is 2.22. The Labute approximate surface area is 111 Å². The monoisotopic (exact) mass is 262 g/mol. The average molecular weight is 262 g/mol. The highest BCUT2D eigenvalue weighted by molar-refractivity contribution is 5.79. The van der Waals surface area contributed by atoms with E-state index in [1.54, 1.807) is 12.3 Å². The van der Waals surface area contributed by atoms with Crippen LogP contribution in [0.3, 0.4) is 0 Å². The molecule has 102 valence electrons. The topological polar surface area (TPSA) is 62.4 Å². The lowest BCUT2D eigenvalue weighted by Gasteiger charge is -2.32. The van der Waals surface area contributed by atoms with Gasteiger partial charge in [-0.1, -0.05) is 0 Å². The predicted octanol–water partition coefficient (Wildman–Crippen LogP) is 0.686. The Morgan fingerprint density at radius 2 is 2.11 bits per heavy atom. The van der Waals surface area contributed by atoms with Gasteiger partial charge in [0.25, 0.3) is 0 Å². The van der Waals surface area contributed by atoms with Crippen LogP contribution in [-0.4, -0.2) is 35.5 Å². The molecule has 3 heterocycles. The molecule has 5 heteroatoms. The zero-order valence-corrected chi connectivity index (χ0v) is 10.9. The highest BCUT2D eigenvalue weighted by Gasteiger charge is 2.28. The Bertz CT molecular complexity index is 532. The van der Waals surface area contributed by atoms with Crippen LogP contribution in [-0.2, 0) is 22.5 Å². The summed E-state index contributed by atoms with van der Waals surface area (Å²) < 4.78 is 5.30. The van der Waals surface area contributed by atoms with Gasteiger partial charge in [-0.3, -0.25) is 9.59 Å². The lowest BCUT2D eigenvalue weighted by Crippen LogP contribution is -2.41. The number of nitrogens with zero attached hydrogens (tertiary/aromatic N) is 1. The van der Waals surface area contributed by atoms with Gasteiger partial charge in [-0.2, -0.15) is 0 Å². The van der Waals surface area contributed by atoms with E-state index in [0.29, 0.717) is 26.3 Å². The van der Waals surface area contributed by atoms with E-state index in [1.165, 1.54) is 0 Å². The van der Waals surface area contributed by atoms with E-state index < -0.39 is 0 Å². The van der Waals surface area contributed by atoms with Crippen LogP contribution in [0.25, 0.3) is 0 Å². The minimum Gasteiger partial charge on any atom is -0.381 e. The van der Waals surface area contributed by atoms with Crippen molar-refractivity contribution in [3.63, 3.8) is 0 Å². The smallest absolute Gasteiger partial charge is 0.248 e. The Hall–Kier alpha value is -1.62. The van der Waals surface area contributed by atoms with Gasteiger partial charge in [0.1, 0.15) is 0 Å². The van der Waals surface area contributed by atoms with Gasteiger partial charge in [-0.15, -0.1) is 0 Å². The molecular weight excluding hydrogens is 244 g/mol. The molecule has 0 bridgehead atoms. The molecule has 1 N–H and O–H groups in total. The number of pyridine rings is 1. The van der Waals surface area contributed by atoms with Crippen molar-refractivity contribution in [3.8, 4) is 0 Å². The minimum atomic E-state index is -0.0667. The summed E-state index contributed by atoms with van der Waals surface area (Å²) in [6.45, 7) is 2.71. The molecule has 2 aliphatic rings. The Balaban J connectivity index is 1.72. The van der Waals surface area contributed by atoms with Crippen LogP contribution in [0, 0.1) is 5.92 Å². The molecule has 1 aromatic heterocycles. The van der Waals surface area contributed by atoms with Gasteiger partial charge in [0.05, 0.1) is 0 Å². The van der Waals surface area contributed by atoms with E-state index in [0.717, 1.165) is 30.4 Å². The second-order valence-electron chi connectivity index (χ2n) is 5.24. The quantitative estimate of drug-likeness (QED) is 0.810. The van der Waals surface area contributed by atoms with E-state index in [2.05, 4.69) is 4.98 Å². The molecule has 0 aromatic carbocycles. The first-order chi connectivity index (χ1) is 9.24. The van der Waals surface area contributed by atoms with Crippen molar-refractivity contribution in [2.24, 2.45) is 5.92 Å². The number of rotatable bonds is 1. The summed E-state index contributed by atoms with van der Waals surface area (Å²) in [5.74, 6) is 0.346. The molecule has 5 nitrogen and oxygen atoms in total. The number of carbonyl (C=O) groups excluding carboxylic acids is 1. The van der Waals surface area contributed by atoms with Crippen LogP contribution in [0.4, 0.5) is 0 Å². The van der Waals surface area contributed by atoms with Crippen molar-refractivity contribution in [2.75, 3.05) is 19.8 Å². The molecule has 1 aromatic rings. The number of carbonyl (C=O) groups is 1.